The van der Waals surface area contributed by atoms with Gasteiger partial charge in [0, 0.05) is 18.2 Å². The molecule has 2 aromatic rings. The van der Waals surface area contributed by atoms with Gasteiger partial charge in [-0.25, -0.2) is 9.37 Å². The van der Waals surface area contributed by atoms with Gasteiger partial charge in [0.15, 0.2) is 12.2 Å². The maximum atomic E-state index is 13.5. The largest absolute Gasteiger partial charge is 0.443 e. The van der Waals surface area contributed by atoms with Crippen LogP contribution in [0.2, 0.25) is 0 Å². The molecule has 0 aliphatic carbocycles. The molecule has 0 saturated carbocycles. The lowest BCUT2D eigenvalue weighted by Crippen LogP contribution is -2.22. The van der Waals surface area contributed by atoms with Crippen molar-refractivity contribution in [3.63, 3.8) is 0 Å². The van der Waals surface area contributed by atoms with Crippen LogP contribution in [0.1, 0.15) is 25.1 Å². The van der Waals surface area contributed by atoms with E-state index >= 15 is 0 Å². The van der Waals surface area contributed by atoms with E-state index in [0.717, 1.165) is 11.3 Å². The lowest BCUT2D eigenvalue weighted by molar-refractivity contribution is 0.561. The molecule has 1 aromatic carbocycles. The van der Waals surface area contributed by atoms with Crippen molar-refractivity contribution in [1.29, 1.82) is 0 Å². The Morgan fingerprint density at radius 2 is 2.17 bits per heavy atom. The fraction of sp³-hybridized carbons (Fsp3) is 0.357. The van der Waals surface area contributed by atoms with Crippen LogP contribution in [0, 0.1) is 12.7 Å². The first kappa shape index (κ1) is 12.8. The summed E-state index contributed by atoms with van der Waals surface area (Å²) >= 11 is 0. The van der Waals surface area contributed by atoms with E-state index in [2.05, 4.69) is 24.1 Å². The number of nitrogens with one attached hydrogen (secondary N) is 1. The molecule has 0 spiro atoms. The van der Waals surface area contributed by atoms with E-state index in [1.807, 2.05) is 6.07 Å². The zero-order valence-electron chi connectivity index (χ0n) is 10.8. The summed E-state index contributed by atoms with van der Waals surface area (Å²) in [7, 11) is 0. The lowest BCUT2D eigenvalue weighted by atomic mass is 10.1. The summed E-state index contributed by atoms with van der Waals surface area (Å²) in [6.45, 7) is 6.47. The van der Waals surface area contributed by atoms with Crippen LogP contribution in [0.5, 0.6) is 0 Å². The molecule has 0 atom stereocenters. The second-order valence-electron chi connectivity index (χ2n) is 4.63. The first-order valence-electron chi connectivity index (χ1n) is 6.00. The van der Waals surface area contributed by atoms with Crippen molar-refractivity contribution in [2.24, 2.45) is 0 Å². The predicted octanol–water partition coefficient (Wildman–Crippen LogP) is 3.29. The Balaban J connectivity index is 2.27. The van der Waals surface area contributed by atoms with Gasteiger partial charge in [-0.15, -0.1) is 0 Å². The molecule has 0 saturated heterocycles. The van der Waals surface area contributed by atoms with Crippen LogP contribution in [0.15, 0.2) is 29.0 Å². The molecule has 1 N–H and O–H groups in total. The number of aryl methyl sites for hydroxylation is 1. The van der Waals surface area contributed by atoms with Gasteiger partial charge in [0.1, 0.15) is 11.5 Å². The van der Waals surface area contributed by atoms with Gasteiger partial charge in [0.25, 0.3) is 0 Å². The molecular weight excluding hydrogens is 231 g/mol. The first-order chi connectivity index (χ1) is 8.58. The van der Waals surface area contributed by atoms with E-state index in [-0.39, 0.29) is 5.82 Å². The minimum atomic E-state index is -0.230. The van der Waals surface area contributed by atoms with Crippen molar-refractivity contribution in [3.8, 4) is 11.3 Å². The molecule has 0 radical (unpaired) electrons. The number of benzene rings is 1. The monoisotopic (exact) mass is 248 g/mol. The summed E-state index contributed by atoms with van der Waals surface area (Å²) in [5.41, 5.74) is 2.14. The lowest BCUT2D eigenvalue weighted by Gasteiger charge is -2.07. The van der Waals surface area contributed by atoms with Crippen LogP contribution in [0.25, 0.3) is 11.3 Å². The number of halogens is 1. The molecular formula is C14H17FN2O. The van der Waals surface area contributed by atoms with Gasteiger partial charge in [-0.2, -0.15) is 0 Å². The highest BCUT2D eigenvalue weighted by molar-refractivity contribution is 5.60. The van der Waals surface area contributed by atoms with Crippen LogP contribution >= 0.6 is 0 Å². The van der Waals surface area contributed by atoms with Crippen molar-refractivity contribution >= 4 is 0 Å². The summed E-state index contributed by atoms with van der Waals surface area (Å²) in [5.74, 6) is 0.397. The molecule has 0 aliphatic heterocycles. The minimum Gasteiger partial charge on any atom is -0.443 e. The van der Waals surface area contributed by atoms with Crippen molar-refractivity contribution in [2.45, 2.75) is 33.4 Å². The summed E-state index contributed by atoms with van der Waals surface area (Å²) in [6.07, 6.45) is 1.39. The fourth-order valence-corrected chi connectivity index (χ4v) is 1.66. The third-order valence-corrected chi connectivity index (χ3v) is 2.75. The molecule has 18 heavy (non-hydrogen) atoms. The Bertz CT molecular complexity index is 534. The van der Waals surface area contributed by atoms with Gasteiger partial charge < -0.3 is 9.73 Å². The molecule has 0 aliphatic rings. The summed E-state index contributed by atoms with van der Waals surface area (Å²) in [5, 5.41) is 3.27. The number of oxazole rings is 1. The van der Waals surface area contributed by atoms with Gasteiger partial charge in [-0.3, -0.25) is 0 Å². The third kappa shape index (κ3) is 2.76. The molecule has 3 nitrogen and oxygen atoms in total. The second-order valence-corrected chi connectivity index (χ2v) is 4.63. The maximum absolute atomic E-state index is 13.5. The summed E-state index contributed by atoms with van der Waals surface area (Å²) in [6, 6.07) is 5.43. The van der Waals surface area contributed by atoms with E-state index in [1.165, 1.54) is 12.5 Å². The molecule has 0 bridgehead atoms. The average Bonchev–Trinajstić information content (AvgIpc) is 2.78. The Labute approximate surface area is 106 Å². The van der Waals surface area contributed by atoms with Gasteiger partial charge >= 0.3 is 0 Å². The standard InChI is InChI=1S/C14H17FN2O/c1-9(2)16-7-13-14(18-8-17-13)11-5-4-10(3)12(15)6-11/h4-6,8-9,16H,7H2,1-3H3. The Kier molecular flexibility index (Phi) is 3.77. The van der Waals surface area contributed by atoms with Crippen LogP contribution in [-0.2, 0) is 6.54 Å². The van der Waals surface area contributed by atoms with E-state index in [1.54, 1.807) is 13.0 Å². The molecule has 96 valence electrons. The van der Waals surface area contributed by atoms with Gasteiger partial charge in [0.2, 0.25) is 0 Å². The Morgan fingerprint density at radius 1 is 1.39 bits per heavy atom. The highest BCUT2D eigenvalue weighted by atomic mass is 19.1. The van der Waals surface area contributed by atoms with Gasteiger partial charge in [-0.05, 0) is 18.6 Å². The highest BCUT2D eigenvalue weighted by Gasteiger charge is 2.12. The Hall–Kier alpha value is -1.68. The van der Waals surface area contributed by atoms with Crippen LogP contribution in [-0.4, -0.2) is 11.0 Å². The quantitative estimate of drug-likeness (QED) is 0.902. The van der Waals surface area contributed by atoms with E-state index in [0.29, 0.717) is 23.9 Å². The van der Waals surface area contributed by atoms with Gasteiger partial charge in [0.05, 0.1) is 0 Å². The fourth-order valence-electron chi connectivity index (χ4n) is 1.66. The van der Waals surface area contributed by atoms with E-state index < -0.39 is 0 Å². The number of hydrogen-bond donors (Lipinski definition) is 1. The van der Waals surface area contributed by atoms with E-state index in [9.17, 15) is 4.39 Å². The molecule has 0 unspecified atom stereocenters. The highest BCUT2D eigenvalue weighted by Crippen LogP contribution is 2.24. The third-order valence-electron chi connectivity index (χ3n) is 2.75. The Morgan fingerprint density at radius 3 is 2.83 bits per heavy atom. The van der Waals surface area contributed by atoms with Crippen molar-refractivity contribution in [1.82, 2.24) is 10.3 Å². The minimum absolute atomic E-state index is 0.230. The molecule has 0 amide bonds. The number of rotatable bonds is 4. The zero-order valence-corrected chi connectivity index (χ0v) is 10.8. The normalized spacial score (nSPS) is 11.2. The summed E-state index contributed by atoms with van der Waals surface area (Å²) < 4.78 is 18.9. The van der Waals surface area contributed by atoms with Crippen LogP contribution < -0.4 is 5.32 Å². The number of aromatic nitrogens is 1. The first-order valence-corrected chi connectivity index (χ1v) is 6.00. The van der Waals surface area contributed by atoms with Crippen LogP contribution in [0.3, 0.4) is 0 Å². The summed E-state index contributed by atoms with van der Waals surface area (Å²) in [4.78, 5) is 4.17. The second kappa shape index (κ2) is 5.31. The topological polar surface area (TPSA) is 38.1 Å². The van der Waals surface area contributed by atoms with Crippen molar-refractivity contribution in [2.75, 3.05) is 0 Å². The predicted molar refractivity (Wildman–Crippen MR) is 68.6 cm³/mol. The molecule has 1 aromatic heterocycles. The zero-order chi connectivity index (χ0) is 13.1. The molecule has 0 fully saturated rings. The molecule has 4 heteroatoms. The average molecular weight is 248 g/mol. The molecule has 1 heterocycles. The van der Waals surface area contributed by atoms with E-state index in [4.69, 9.17) is 4.42 Å². The number of hydrogen-bond acceptors (Lipinski definition) is 3. The van der Waals surface area contributed by atoms with Crippen LogP contribution in [0.4, 0.5) is 4.39 Å². The number of nitrogens with zero attached hydrogens (tertiary/aromatic N) is 1. The smallest absolute Gasteiger partial charge is 0.181 e. The SMILES string of the molecule is Cc1ccc(-c2ocnc2CNC(C)C)cc1F. The van der Waals surface area contributed by atoms with Crippen molar-refractivity contribution < 1.29 is 8.81 Å². The molecule has 2 rings (SSSR count). The van der Waals surface area contributed by atoms with Gasteiger partial charge in [-0.1, -0.05) is 26.0 Å². The van der Waals surface area contributed by atoms with Crippen molar-refractivity contribution in [3.05, 3.63) is 41.7 Å². The maximum Gasteiger partial charge on any atom is 0.181 e.